The second kappa shape index (κ2) is 6.66. The molecule has 3 rings (SSSR count). The number of aliphatic hydroxyl groups excluding tert-OH is 1. The Hall–Kier alpha value is -0.610. The van der Waals surface area contributed by atoms with Crippen molar-refractivity contribution in [1.29, 1.82) is 0 Å². The van der Waals surface area contributed by atoms with Crippen molar-refractivity contribution in [3.8, 4) is 0 Å². The number of nitrogens with zero attached hydrogens (tertiary/aromatic N) is 1. The van der Waals surface area contributed by atoms with E-state index in [2.05, 4.69) is 4.90 Å². The lowest BCUT2D eigenvalue weighted by Gasteiger charge is -2.34. The zero-order chi connectivity index (χ0) is 14.8. The molecule has 4 atom stereocenters. The number of aliphatic carboxylic acids is 1. The maximum absolute atomic E-state index is 11.6. The van der Waals surface area contributed by atoms with Gasteiger partial charge in [0.2, 0.25) is 0 Å². The molecule has 4 heteroatoms. The molecule has 3 fully saturated rings. The van der Waals surface area contributed by atoms with Crippen LogP contribution in [-0.4, -0.2) is 45.8 Å². The van der Waals surface area contributed by atoms with E-state index in [0.717, 1.165) is 19.3 Å². The van der Waals surface area contributed by atoms with E-state index in [4.69, 9.17) is 0 Å². The topological polar surface area (TPSA) is 60.8 Å². The molecule has 0 aromatic heterocycles. The number of rotatable bonds is 5. The molecule has 1 aliphatic heterocycles. The highest BCUT2D eigenvalue weighted by molar-refractivity contribution is 5.74. The maximum atomic E-state index is 11.6. The summed E-state index contributed by atoms with van der Waals surface area (Å²) in [5.41, 5.74) is 0. The van der Waals surface area contributed by atoms with Crippen molar-refractivity contribution >= 4 is 5.97 Å². The number of aliphatic hydroxyl groups is 1. The van der Waals surface area contributed by atoms with Gasteiger partial charge in [-0.3, -0.25) is 9.69 Å². The van der Waals surface area contributed by atoms with Gasteiger partial charge < -0.3 is 10.2 Å². The van der Waals surface area contributed by atoms with E-state index in [0.29, 0.717) is 24.4 Å². The molecule has 4 unspecified atom stereocenters. The summed E-state index contributed by atoms with van der Waals surface area (Å²) in [6.45, 7) is 0.564. The van der Waals surface area contributed by atoms with Crippen molar-refractivity contribution in [1.82, 2.24) is 4.90 Å². The zero-order valence-electron chi connectivity index (χ0n) is 12.9. The smallest absolute Gasteiger partial charge is 0.320 e. The fourth-order valence-corrected chi connectivity index (χ4v) is 5.01. The number of fused-ring (bicyclic) bond motifs is 1. The van der Waals surface area contributed by atoms with Crippen LogP contribution in [0.1, 0.15) is 64.2 Å². The number of carboxylic acid groups (broad SMARTS) is 1. The fourth-order valence-electron chi connectivity index (χ4n) is 5.01. The summed E-state index contributed by atoms with van der Waals surface area (Å²) in [5, 5.41) is 19.9. The average molecular weight is 295 g/mol. The fraction of sp³-hybridized carbons (Fsp3) is 0.941. The molecule has 2 aliphatic carbocycles. The monoisotopic (exact) mass is 295 g/mol. The van der Waals surface area contributed by atoms with Crippen molar-refractivity contribution in [2.75, 3.05) is 6.54 Å². The van der Waals surface area contributed by atoms with Gasteiger partial charge in [0, 0.05) is 12.6 Å². The lowest BCUT2D eigenvalue weighted by molar-refractivity contribution is -0.143. The normalized spacial score (nSPS) is 35.8. The first-order valence-electron chi connectivity index (χ1n) is 8.81. The van der Waals surface area contributed by atoms with Gasteiger partial charge in [0.1, 0.15) is 6.04 Å². The summed E-state index contributed by atoms with van der Waals surface area (Å²) in [7, 11) is 0. The summed E-state index contributed by atoms with van der Waals surface area (Å²) in [5.74, 6) is 0.504. The molecule has 0 aromatic rings. The van der Waals surface area contributed by atoms with Gasteiger partial charge in [-0.15, -0.1) is 0 Å². The summed E-state index contributed by atoms with van der Waals surface area (Å²) >= 11 is 0. The highest BCUT2D eigenvalue weighted by atomic mass is 16.4. The van der Waals surface area contributed by atoms with Gasteiger partial charge in [-0.1, -0.05) is 38.5 Å². The van der Waals surface area contributed by atoms with E-state index in [1.807, 2.05) is 0 Å². The highest BCUT2D eigenvalue weighted by Gasteiger charge is 2.45. The second-order valence-electron chi connectivity index (χ2n) is 7.44. The molecular formula is C17H29NO3. The van der Waals surface area contributed by atoms with Crippen LogP contribution in [0.2, 0.25) is 0 Å². The molecule has 2 saturated carbocycles. The van der Waals surface area contributed by atoms with E-state index < -0.39 is 5.97 Å². The van der Waals surface area contributed by atoms with E-state index in [9.17, 15) is 15.0 Å². The van der Waals surface area contributed by atoms with Crippen molar-refractivity contribution in [2.24, 2.45) is 11.8 Å². The second-order valence-corrected chi connectivity index (χ2v) is 7.44. The molecule has 0 radical (unpaired) electrons. The van der Waals surface area contributed by atoms with Gasteiger partial charge in [-0.25, -0.2) is 0 Å². The maximum Gasteiger partial charge on any atom is 0.320 e. The Morgan fingerprint density at radius 1 is 1.10 bits per heavy atom. The summed E-state index contributed by atoms with van der Waals surface area (Å²) < 4.78 is 0. The number of hydrogen-bond donors (Lipinski definition) is 2. The first kappa shape index (κ1) is 15.3. The van der Waals surface area contributed by atoms with Crippen LogP contribution in [0.15, 0.2) is 0 Å². The Balaban J connectivity index is 1.61. The van der Waals surface area contributed by atoms with Crippen molar-refractivity contribution in [3.05, 3.63) is 0 Å². The Morgan fingerprint density at radius 3 is 2.48 bits per heavy atom. The molecule has 3 aliphatic rings. The molecule has 1 saturated heterocycles. The third-order valence-corrected chi connectivity index (χ3v) is 6.01. The minimum absolute atomic E-state index is 0.351. The van der Waals surface area contributed by atoms with Crippen LogP contribution in [0.5, 0.6) is 0 Å². The molecular weight excluding hydrogens is 266 g/mol. The largest absolute Gasteiger partial charge is 0.480 e. The Morgan fingerprint density at radius 2 is 1.76 bits per heavy atom. The molecule has 0 amide bonds. The van der Waals surface area contributed by atoms with E-state index >= 15 is 0 Å². The molecule has 0 aromatic carbocycles. The first-order chi connectivity index (χ1) is 10.1. The standard InChI is InChI=1S/C17H29NO3/c19-14(9-12-5-1-2-6-12)11-18-15-8-4-3-7-13(15)10-16(18)17(20)21/h12-16,19H,1-11H2,(H,20,21). The molecule has 0 bridgehead atoms. The van der Waals surface area contributed by atoms with E-state index in [1.54, 1.807) is 0 Å². The molecule has 0 spiro atoms. The van der Waals surface area contributed by atoms with Crippen molar-refractivity contribution in [2.45, 2.75) is 82.4 Å². The van der Waals surface area contributed by atoms with Gasteiger partial charge in [-0.2, -0.15) is 0 Å². The average Bonchev–Trinajstić information content (AvgIpc) is 3.07. The van der Waals surface area contributed by atoms with Crippen LogP contribution in [0.25, 0.3) is 0 Å². The Labute approximate surface area is 127 Å². The van der Waals surface area contributed by atoms with Crippen LogP contribution in [0, 0.1) is 11.8 Å². The predicted molar refractivity (Wildman–Crippen MR) is 81.1 cm³/mol. The molecule has 4 nitrogen and oxygen atoms in total. The van der Waals surface area contributed by atoms with Gasteiger partial charge in [0.25, 0.3) is 0 Å². The number of carboxylic acids is 1. The number of β-amino-alcohol motifs (C(OH)–C–C–N with tert-alkyl or cyclic N) is 1. The SMILES string of the molecule is O=C(O)C1CC2CCCCC2N1CC(O)CC1CCCC1. The molecule has 21 heavy (non-hydrogen) atoms. The lowest BCUT2D eigenvalue weighted by atomic mass is 9.84. The minimum atomic E-state index is -0.697. The van der Waals surface area contributed by atoms with Crippen molar-refractivity contribution < 1.29 is 15.0 Å². The summed E-state index contributed by atoms with van der Waals surface area (Å²) in [6, 6.07) is 0.0365. The molecule has 120 valence electrons. The van der Waals surface area contributed by atoms with Crippen LogP contribution in [-0.2, 0) is 4.79 Å². The van der Waals surface area contributed by atoms with Crippen LogP contribution in [0.3, 0.4) is 0 Å². The van der Waals surface area contributed by atoms with Crippen LogP contribution in [0.4, 0.5) is 0 Å². The predicted octanol–water partition coefficient (Wildman–Crippen LogP) is 2.65. The molecule has 2 N–H and O–H groups in total. The van der Waals surface area contributed by atoms with Crippen LogP contribution < -0.4 is 0 Å². The Kier molecular flexibility index (Phi) is 4.85. The minimum Gasteiger partial charge on any atom is -0.480 e. The highest BCUT2D eigenvalue weighted by Crippen LogP contribution is 2.40. The summed E-state index contributed by atoms with van der Waals surface area (Å²) in [6.07, 6.45) is 11.1. The van der Waals surface area contributed by atoms with Gasteiger partial charge >= 0.3 is 5.97 Å². The van der Waals surface area contributed by atoms with E-state index in [1.165, 1.54) is 44.9 Å². The van der Waals surface area contributed by atoms with Gasteiger partial charge in [-0.05, 0) is 37.5 Å². The van der Waals surface area contributed by atoms with Gasteiger partial charge in [0.15, 0.2) is 0 Å². The quantitative estimate of drug-likeness (QED) is 0.818. The number of hydrogen-bond acceptors (Lipinski definition) is 3. The number of likely N-dealkylation sites (tertiary alicyclic amines) is 1. The third kappa shape index (κ3) is 3.42. The first-order valence-corrected chi connectivity index (χ1v) is 8.81. The van der Waals surface area contributed by atoms with E-state index in [-0.39, 0.29) is 12.1 Å². The Bertz CT molecular complexity index is 367. The third-order valence-electron chi connectivity index (χ3n) is 6.01. The number of carbonyl (C=O) groups is 1. The lowest BCUT2D eigenvalue weighted by Crippen LogP contribution is -2.46. The van der Waals surface area contributed by atoms with Gasteiger partial charge in [0.05, 0.1) is 6.10 Å². The molecule has 1 heterocycles. The summed E-state index contributed by atoms with van der Waals surface area (Å²) in [4.78, 5) is 13.7. The van der Waals surface area contributed by atoms with Crippen molar-refractivity contribution in [3.63, 3.8) is 0 Å². The van der Waals surface area contributed by atoms with Crippen LogP contribution >= 0.6 is 0 Å². The zero-order valence-corrected chi connectivity index (χ0v) is 12.9.